The van der Waals surface area contributed by atoms with E-state index in [1.54, 1.807) is 0 Å². The molecule has 3 heteroatoms. The molecular weight excluding hydrogens is 204 g/mol. The Morgan fingerprint density at radius 1 is 1.42 bits per heavy atom. The molecule has 1 aliphatic rings. The van der Waals surface area contributed by atoms with Crippen LogP contribution >= 0.6 is 36.2 Å². The number of hydrogen-bond acceptors (Lipinski definition) is 3. The molecular formula is C9H10S3. The summed E-state index contributed by atoms with van der Waals surface area (Å²) in [6.07, 6.45) is 0. The van der Waals surface area contributed by atoms with Crippen LogP contribution in [0.25, 0.3) is 0 Å². The second-order valence-electron chi connectivity index (χ2n) is 2.76. The SMILES string of the molecule is Sc1ccc(SCC2CS2)cc1. The summed E-state index contributed by atoms with van der Waals surface area (Å²) in [5.41, 5.74) is 0. The Bertz CT molecular complexity index is 251. The Morgan fingerprint density at radius 3 is 2.67 bits per heavy atom. The predicted molar refractivity (Wildman–Crippen MR) is 60.7 cm³/mol. The summed E-state index contributed by atoms with van der Waals surface area (Å²) >= 11 is 8.24. The monoisotopic (exact) mass is 214 g/mol. The number of thiol groups is 1. The van der Waals surface area contributed by atoms with E-state index in [1.807, 2.05) is 23.9 Å². The zero-order chi connectivity index (χ0) is 8.39. The maximum absolute atomic E-state index is 4.24. The fraction of sp³-hybridized carbons (Fsp3) is 0.333. The molecule has 0 spiro atoms. The average Bonchev–Trinajstić information content (AvgIpc) is 2.87. The molecule has 1 aromatic carbocycles. The molecule has 0 bridgehead atoms. The zero-order valence-electron chi connectivity index (χ0n) is 6.56. The van der Waals surface area contributed by atoms with Gasteiger partial charge >= 0.3 is 0 Å². The Balaban J connectivity index is 1.89. The minimum absolute atomic E-state index is 0.922. The quantitative estimate of drug-likeness (QED) is 0.466. The van der Waals surface area contributed by atoms with Crippen molar-refractivity contribution >= 4 is 36.2 Å². The van der Waals surface area contributed by atoms with E-state index in [4.69, 9.17) is 0 Å². The van der Waals surface area contributed by atoms with Crippen molar-refractivity contribution in [2.75, 3.05) is 11.5 Å². The smallest absolute Gasteiger partial charge is 0.0232 e. The van der Waals surface area contributed by atoms with Gasteiger partial charge in [0.15, 0.2) is 0 Å². The lowest BCUT2D eigenvalue weighted by Crippen LogP contribution is -1.86. The van der Waals surface area contributed by atoms with Gasteiger partial charge in [-0.25, -0.2) is 0 Å². The zero-order valence-corrected chi connectivity index (χ0v) is 9.09. The van der Waals surface area contributed by atoms with Gasteiger partial charge in [-0.3, -0.25) is 0 Å². The molecule has 0 aliphatic carbocycles. The van der Waals surface area contributed by atoms with Gasteiger partial charge < -0.3 is 0 Å². The van der Waals surface area contributed by atoms with E-state index in [0.29, 0.717) is 0 Å². The summed E-state index contributed by atoms with van der Waals surface area (Å²) in [5, 5.41) is 0.922. The van der Waals surface area contributed by atoms with Crippen molar-refractivity contribution < 1.29 is 0 Å². The predicted octanol–water partition coefficient (Wildman–Crippen LogP) is 3.18. The van der Waals surface area contributed by atoms with E-state index in [2.05, 4.69) is 36.5 Å². The highest BCUT2D eigenvalue weighted by Gasteiger charge is 2.21. The van der Waals surface area contributed by atoms with Crippen LogP contribution in [0.3, 0.4) is 0 Å². The third kappa shape index (κ3) is 2.64. The van der Waals surface area contributed by atoms with Crippen molar-refractivity contribution in [2.45, 2.75) is 15.0 Å². The topological polar surface area (TPSA) is 0 Å². The van der Waals surface area contributed by atoms with Crippen molar-refractivity contribution in [3.63, 3.8) is 0 Å². The lowest BCUT2D eigenvalue weighted by Gasteiger charge is -1.98. The minimum Gasteiger partial charge on any atom is -0.156 e. The first-order valence-electron chi connectivity index (χ1n) is 3.88. The van der Waals surface area contributed by atoms with Crippen LogP contribution < -0.4 is 0 Å². The van der Waals surface area contributed by atoms with Crippen LogP contribution in [0.1, 0.15) is 0 Å². The molecule has 1 saturated heterocycles. The van der Waals surface area contributed by atoms with Gasteiger partial charge in [-0.15, -0.1) is 24.4 Å². The van der Waals surface area contributed by atoms with Crippen LogP contribution in [-0.2, 0) is 0 Å². The van der Waals surface area contributed by atoms with E-state index in [-0.39, 0.29) is 0 Å². The maximum atomic E-state index is 4.24. The fourth-order valence-corrected chi connectivity index (χ4v) is 2.86. The number of benzene rings is 1. The third-order valence-electron chi connectivity index (χ3n) is 1.67. The summed E-state index contributed by atoms with van der Waals surface area (Å²) in [6.45, 7) is 0. The van der Waals surface area contributed by atoms with Gasteiger partial charge in [-0.05, 0) is 24.3 Å². The fourth-order valence-electron chi connectivity index (χ4n) is 0.896. The maximum Gasteiger partial charge on any atom is 0.0232 e. The van der Waals surface area contributed by atoms with Crippen LogP contribution in [-0.4, -0.2) is 16.8 Å². The molecule has 2 rings (SSSR count). The molecule has 1 heterocycles. The standard InChI is InChI=1S/C9H10S3/c10-7-1-3-8(4-2-7)11-5-9-6-12-9/h1-4,9-10H,5-6H2. The Kier molecular flexibility index (Phi) is 2.94. The van der Waals surface area contributed by atoms with E-state index < -0.39 is 0 Å². The van der Waals surface area contributed by atoms with Crippen molar-refractivity contribution in [1.29, 1.82) is 0 Å². The highest BCUT2D eigenvalue weighted by atomic mass is 32.2. The van der Waals surface area contributed by atoms with Crippen LogP contribution in [0.2, 0.25) is 0 Å². The van der Waals surface area contributed by atoms with Crippen molar-refractivity contribution in [3.05, 3.63) is 24.3 Å². The molecule has 1 unspecified atom stereocenters. The van der Waals surface area contributed by atoms with Crippen LogP contribution in [0.5, 0.6) is 0 Å². The molecule has 1 aliphatic heterocycles. The summed E-state index contributed by atoms with van der Waals surface area (Å²) in [5.74, 6) is 2.62. The molecule has 0 nitrogen and oxygen atoms in total. The molecule has 0 radical (unpaired) electrons. The van der Waals surface area contributed by atoms with E-state index in [9.17, 15) is 0 Å². The normalized spacial score (nSPS) is 20.9. The molecule has 1 aromatic rings. The summed E-state index contributed by atoms with van der Waals surface area (Å²) in [6, 6.07) is 8.37. The van der Waals surface area contributed by atoms with E-state index in [1.165, 1.54) is 16.4 Å². The second kappa shape index (κ2) is 3.99. The van der Waals surface area contributed by atoms with Gasteiger partial charge in [0, 0.05) is 26.5 Å². The lowest BCUT2D eigenvalue weighted by atomic mass is 10.4. The van der Waals surface area contributed by atoms with Crippen LogP contribution in [0, 0.1) is 0 Å². The molecule has 1 fully saturated rings. The largest absolute Gasteiger partial charge is 0.156 e. The number of rotatable bonds is 3. The van der Waals surface area contributed by atoms with Crippen LogP contribution in [0.4, 0.5) is 0 Å². The van der Waals surface area contributed by atoms with Crippen molar-refractivity contribution in [3.8, 4) is 0 Å². The summed E-state index contributed by atoms with van der Waals surface area (Å²) in [7, 11) is 0. The Morgan fingerprint density at radius 2 is 2.08 bits per heavy atom. The Labute approximate surface area is 86.9 Å². The van der Waals surface area contributed by atoms with Crippen molar-refractivity contribution in [1.82, 2.24) is 0 Å². The molecule has 1 atom stereocenters. The highest BCUT2D eigenvalue weighted by Crippen LogP contribution is 2.35. The highest BCUT2D eigenvalue weighted by molar-refractivity contribution is 8.08. The minimum atomic E-state index is 0.922. The van der Waals surface area contributed by atoms with E-state index in [0.717, 1.165) is 10.1 Å². The first-order chi connectivity index (χ1) is 5.84. The number of hydrogen-bond donors (Lipinski definition) is 1. The van der Waals surface area contributed by atoms with Gasteiger partial charge in [0.05, 0.1) is 0 Å². The van der Waals surface area contributed by atoms with E-state index >= 15 is 0 Å². The first-order valence-corrected chi connectivity index (χ1v) is 6.36. The summed E-state index contributed by atoms with van der Waals surface area (Å²) in [4.78, 5) is 2.40. The van der Waals surface area contributed by atoms with Gasteiger partial charge in [-0.2, -0.15) is 11.8 Å². The number of thioether (sulfide) groups is 2. The molecule has 0 aromatic heterocycles. The molecule has 0 saturated carbocycles. The second-order valence-corrected chi connectivity index (χ2v) is 5.70. The Hall–Kier alpha value is 0.270. The van der Waals surface area contributed by atoms with Gasteiger partial charge in [0.1, 0.15) is 0 Å². The lowest BCUT2D eigenvalue weighted by molar-refractivity contribution is 1.26. The van der Waals surface area contributed by atoms with Crippen LogP contribution in [0.15, 0.2) is 34.1 Å². The first kappa shape index (κ1) is 8.85. The molecule has 12 heavy (non-hydrogen) atoms. The van der Waals surface area contributed by atoms with Crippen molar-refractivity contribution in [2.24, 2.45) is 0 Å². The van der Waals surface area contributed by atoms with Gasteiger partial charge in [0.2, 0.25) is 0 Å². The molecule has 64 valence electrons. The van der Waals surface area contributed by atoms with Gasteiger partial charge in [-0.1, -0.05) is 0 Å². The summed E-state index contributed by atoms with van der Waals surface area (Å²) < 4.78 is 0. The molecule has 0 N–H and O–H groups in total. The molecule has 0 amide bonds. The van der Waals surface area contributed by atoms with Gasteiger partial charge in [0.25, 0.3) is 0 Å². The average molecular weight is 214 g/mol. The third-order valence-corrected chi connectivity index (χ3v) is 4.33.